The van der Waals surface area contributed by atoms with E-state index in [0.717, 1.165) is 5.56 Å². The average Bonchev–Trinajstić information content (AvgIpc) is 2.47. The monoisotopic (exact) mass is 283 g/mol. The van der Waals surface area contributed by atoms with Gasteiger partial charge in [0.15, 0.2) is 0 Å². The van der Waals surface area contributed by atoms with Crippen LogP contribution in [0.1, 0.15) is 11.1 Å². The first-order chi connectivity index (χ1) is 10.1. The number of rotatable bonds is 4. The van der Waals surface area contributed by atoms with Crippen LogP contribution in [0.4, 0.5) is 15.8 Å². The first-order valence-corrected chi connectivity index (χ1v) is 6.38. The Morgan fingerprint density at radius 2 is 1.95 bits per heavy atom. The molecular weight excluding hydrogens is 269 g/mol. The molecule has 2 aromatic rings. The Bertz CT molecular complexity index is 690. The first kappa shape index (κ1) is 14.5. The molecule has 0 saturated heterocycles. The van der Waals surface area contributed by atoms with Crippen molar-refractivity contribution in [1.82, 2.24) is 0 Å². The van der Waals surface area contributed by atoms with Gasteiger partial charge in [-0.3, -0.25) is 4.79 Å². The fraction of sp³-hybridized carbons (Fsp3) is 0.125. The summed E-state index contributed by atoms with van der Waals surface area (Å²) in [5.41, 5.74) is 2.22. The van der Waals surface area contributed by atoms with Crippen LogP contribution >= 0.6 is 0 Å². The number of anilines is 2. The van der Waals surface area contributed by atoms with Gasteiger partial charge < -0.3 is 10.6 Å². The molecule has 4 nitrogen and oxygen atoms in total. The molecule has 0 aliphatic rings. The average molecular weight is 283 g/mol. The maximum absolute atomic E-state index is 13.6. The van der Waals surface area contributed by atoms with Gasteiger partial charge in [0.1, 0.15) is 5.82 Å². The standard InChI is InChI=1S/C16H14FN3O/c1-11-2-7-15(14(17)8-11)19-10-16(21)20-13-5-3-12(9-18)4-6-13/h2-8,19H,10H2,1H3,(H,20,21). The predicted octanol–water partition coefficient (Wildman–Crippen LogP) is 3.06. The molecule has 21 heavy (non-hydrogen) atoms. The van der Waals surface area contributed by atoms with E-state index < -0.39 is 0 Å². The van der Waals surface area contributed by atoms with Crippen LogP contribution in [-0.4, -0.2) is 12.5 Å². The molecular formula is C16H14FN3O. The summed E-state index contributed by atoms with van der Waals surface area (Å²) >= 11 is 0. The number of aryl methyl sites for hydroxylation is 1. The third kappa shape index (κ3) is 4.05. The predicted molar refractivity (Wildman–Crippen MR) is 79.4 cm³/mol. The zero-order chi connectivity index (χ0) is 15.2. The van der Waals surface area contributed by atoms with Gasteiger partial charge in [0.2, 0.25) is 5.91 Å². The van der Waals surface area contributed by atoms with Crippen LogP contribution in [-0.2, 0) is 4.79 Å². The van der Waals surface area contributed by atoms with E-state index in [4.69, 9.17) is 5.26 Å². The maximum atomic E-state index is 13.6. The molecule has 2 rings (SSSR count). The Hall–Kier alpha value is -2.87. The van der Waals surface area contributed by atoms with Crippen LogP contribution in [0.5, 0.6) is 0 Å². The smallest absolute Gasteiger partial charge is 0.243 e. The van der Waals surface area contributed by atoms with E-state index in [0.29, 0.717) is 11.3 Å². The van der Waals surface area contributed by atoms with E-state index in [-0.39, 0.29) is 24.0 Å². The van der Waals surface area contributed by atoms with E-state index in [1.165, 1.54) is 6.07 Å². The van der Waals surface area contributed by atoms with Crippen molar-refractivity contribution in [3.05, 3.63) is 59.4 Å². The third-order valence-corrected chi connectivity index (χ3v) is 2.86. The number of benzene rings is 2. The summed E-state index contributed by atoms with van der Waals surface area (Å²) in [6, 6.07) is 13.3. The zero-order valence-electron chi connectivity index (χ0n) is 11.5. The number of amides is 1. The van der Waals surface area contributed by atoms with Crippen molar-refractivity contribution < 1.29 is 9.18 Å². The molecule has 0 aliphatic heterocycles. The molecule has 0 spiro atoms. The van der Waals surface area contributed by atoms with Crippen LogP contribution in [0.3, 0.4) is 0 Å². The fourth-order valence-electron chi connectivity index (χ4n) is 1.77. The summed E-state index contributed by atoms with van der Waals surface area (Å²) in [5, 5.41) is 14.1. The summed E-state index contributed by atoms with van der Waals surface area (Å²) in [4.78, 5) is 11.8. The van der Waals surface area contributed by atoms with Crippen molar-refractivity contribution in [2.24, 2.45) is 0 Å². The summed E-state index contributed by atoms with van der Waals surface area (Å²) in [7, 11) is 0. The van der Waals surface area contributed by atoms with Crippen molar-refractivity contribution in [2.45, 2.75) is 6.92 Å². The van der Waals surface area contributed by atoms with E-state index in [2.05, 4.69) is 10.6 Å². The topological polar surface area (TPSA) is 64.9 Å². The second-order valence-electron chi connectivity index (χ2n) is 4.57. The fourth-order valence-corrected chi connectivity index (χ4v) is 1.77. The molecule has 0 atom stereocenters. The summed E-state index contributed by atoms with van der Waals surface area (Å²) in [6.45, 7) is 1.75. The lowest BCUT2D eigenvalue weighted by atomic mass is 10.2. The number of hydrogen-bond donors (Lipinski definition) is 2. The van der Waals surface area contributed by atoms with Gasteiger partial charge in [0, 0.05) is 5.69 Å². The molecule has 0 aliphatic carbocycles. The highest BCUT2D eigenvalue weighted by atomic mass is 19.1. The van der Waals surface area contributed by atoms with Crippen LogP contribution < -0.4 is 10.6 Å². The SMILES string of the molecule is Cc1ccc(NCC(=O)Nc2ccc(C#N)cc2)c(F)c1. The summed E-state index contributed by atoms with van der Waals surface area (Å²) in [5.74, 6) is -0.680. The Morgan fingerprint density at radius 1 is 1.24 bits per heavy atom. The Kier molecular flexibility index (Phi) is 4.52. The van der Waals surface area contributed by atoms with Gasteiger partial charge in [-0.15, -0.1) is 0 Å². The second-order valence-corrected chi connectivity index (χ2v) is 4.57. The lowest BCUT2D eigenvalue weighted by Crippen LogP contribution is -2.22. The molecule has 0 fully saturated rings. The largest absolute Gasteiger partial charge is 0.374 e. The number of carbonyl (C=O) groups excluding carboxylic acids is 1. The lowest BCUT2D eigenvalue weighted by Gasteiger charge is -2.09. The number of halogens is 1. The van der Waals surface area contributed by atoms with Crippen molar-refractivity contribution in [1.29, 1.82) is 5.26 Å². The van der Waals surface area contributed by atoms with Gasteiger partial charge in [-0.25, -0.2) is 4.39 Å². The van der Waals surface area contributed by atoms with E-state index in [9.17, 15) is 9.18 Å². The van der Waals surface area contributed by atoms with Crippen LogP contribution in [0.15, 0.2) is 42.5 Å². The van der Waals surface area contributed by atoms with Gasteiger partial charge >= 0.3 is 0 Å². The molecule has 0 heterocycles. The highest BCUT2D eigenvalue weighted by Crippen LogP contribution is 2.15. The van der Waals surface area contributed by atoms with Gasteiger partial charge in [-0.05, 0) is 48.9 Å². The maximum Gasteiger partial charge on any atom is 0.243 e. The molecule has 0 saturated carbocycles. The zero-order valence-corrected chi connectivity index (χ0v) is 11.5. The van der Waals surface area contributed by atoms with Gasteiger partial charge in [-0.1, -0.05) is 6.07 Å². The van der Waals surface area contributed by atoms with Crippen molar-refractivity contribution in [2.75, 3.05) is 17.2 Å². The van der Waals surface area contributed by atoms with Crippen LogP contribution in [0, 0.1) is 24.1 Å². The lowest BCUT2D eigenvalue weighted by molar-refractivity contribution is -0.114. The molecule has 5 heteroatoms. The van der Waals surface area contributed by atoms with E-state index >= 15 is 0 Å². The first-order valence-electron chi connectivity index (χ1n) is 6.38. The third-order valence-electron chi connectivity index (χ3n) is 2.86. The molecule has 0 unspecified atom stereocenters. The van der Waals surface area contributed by atoms with E-state index in [1.54, 1.807) is 43.3 Å². The molecule has 106 valence electrons. The summed E-state index contributed by atoms with van der Waals surface area (Å²) in [6.07, 6.45) is 0. The molecule has 2 aromatic carbocycles. The minimum atomic E-state index is -0.388. The molecule has 0 aromatic heterocycles. The number of nitriles is 1. The molecule has 0 radical (unpaired) electrons. The highest BCUT2D eigenvalue weighted by molar-refractivity contribution is 5.93. The Morgan fingerprint density at radius 3 is 2.57 bits per heavy atom. The van der Waals surface area contributed by atoms with E-state index in [1.807, 2.05) is 6.07 Å². The Labute approximate surface area is 122 Å². The minimum Gasteiger partial charge on any atom is -0.374 e. The number of carbonyl (C=O) groups is 1. The van der Waals surface area contributed by atoms with Crippen LogP contribution in [0.2, 0.25) is 0 Å². The van der Waals surface area contributed by atoms with Crippen molar-refractivity contribution in [3.63, 3.8) is 0 Å². The number of hydrogen-bond acceptors (Lipinski definition) is 3. The van der Waals surface area contributed by atoms with Gasteiger partial charge in [0.25, 0.3) is 0 Å². The van der Waals surface area contributed by atoms with Crippen molar-refractivity contribution >= 4 is 17.3 Å². The molecule has 0 bridgehead atoms. The minimum absolute atomic E-state index is 0.0417. The quantitative estimate of drug-likeness (QED) is 0.906. The normalized spacial score (nSPS) is 9.76. The summed E-state index contributed by atoms with van der Waals surface area (Å²) < 4.78 is 13.6. The van der Waals surface area contributed by atoms with Crippen molar-refractivity contribution in [3.8, 4) is 6.07 Å². The highest BCUT2D eigenvalue weighted by Gasteiger charge is 2.05. The Balaban J connectivity index is 1.91. The van der Waals surface area contributed by atoms with Gasteiger partial charge in [-0.2, -0.15) is 5.26 Å². The molecule has 1 amide bonds. The number of nitrogens with one attached hydrogen (secondary N) is 2. The van der Waals surface area contributed by atoms with Crippen LogP contribution in [0.25, 0.3) is 0 Å². The molecule has 2 N–H and O–H groups in total. The van der Waals surface area contributed by atoms with Gasteiger partial charge in [0.05, 0.1) is 23.9 Å². The number of nitrogens with zero attached hydrogens (tertiary/aromatic N) is 1. The second kappa shape index (κ2) is 6.53.